The minimum Gasteiger partial charge on any atom is -0.425 e. The molecule has 0 aliphatic rings. The molecule has 0 spiro atoms. The molecule has 0 unspecified atom stereocenters. The van der Waals surface area contributed by atoms with Crippen LogP contribution in [0.25, 0.3) is 0 Å². The van der Waals surface area contributed by atoms with Crippen LogP contribution in [0.1, 0.15) is 83.4 Å². The summed E-state index contributed by atoms with van der Waals surface area (Å²) in [5.74, 6) is 1.58. The van der Waals surface area contributed by atoms with Gasteiger partial charge in [-0.25, -0.2) is 0 Å². The number of likely N-dealkylation sites (N-methyl/N-ethyl adjacent to an activating group) is 1. The molecule has 0 saturated heterocycles. The first-order chi connectivity index (χ1) is 10.4. The van der Waals surface area contributed by atoms with E-state index in [1.54, 1.807) is 0 Å². The second kappa shape index (κ2) is 12.8. The second-order valence-corrected chi connectivity index (χ2v) is 5.77. The number of nitrogens with zero attached hydrogens (tertiary/aromatic N) is 2. The maximum absolute atomic E-state index is 5.64. The maximum Gasteiger partial charge on any atom is 0.217 e. The van der Waals surface area contributed by atoms with E-state index in [-0.39, 0.29) is 0 Å². The maximum atomic E-state index is 5.64. The molecule has 0 amide bonds. The van der Waals surface area contributed by atoms with Crippen LogP contribution in [0.2, 0.25) is 0 Å². The molecule has 1 aromatic heterocycles. The minimum absolute atomic E-state index is 0.766. The van der Waals surface area contributed by atoms with Gasteiger partial charge in [-0.15, -0.1) is 10.2 Å². The van der Waals surface area contributed by atoms with Gasteiger partial charge in [-0.1, -0.05) is 65.2 Å². The largest absolute Gasteiger partial charge is 0.425 e. The Balaban J connectivity index is 1.95. The number of hydrogen-bond acceptors (Lipinski definition) is 4. The van der Waals surface area contributed by atoms with Gasteiger partial charge in [0.25, 0.3) is 0 Å². The second-order valence-electron chi connectivity index (χ2n) is 5.77. The topological polar surface area (TPSA) is 51.0 Å². The number of aromatic nitrogens is 2. The lowest BCUT2D eigenvalue weighted by Gasteiger charge is -2.00. The van der Waals surface area contributed by atoms with E-state index in [1.165, 1.54) is 57.8 Å². The van der Waals surface area contributed by atoms with Crippen molar-refractivity contribution in [3.63, 3.8) is 0 Å². The first kappa shape index (κ1) is 18.1. The summed E-state index contributed by atoms with van der Waals surface area (Å²) in [4.78, 5) is 0. The summed E-state index contributed by atoms with van der Waals surface area (Å²) in [6.07, 6.45) is 13.9. The van der Waals surface area contributed by atoms with Gasteiger partial charge < -0.3 is 9.73 Å². The van der Waals surface area contributed by atoms with Gasteiger partial charge in [-0.05, 0) is 13.0 Å². The zero-order chi connectivity index (χ0) is 15.2. The Labute approximate surface area is 130 Å². The van der Waals surface area contributed by atoms with Crippen LogP contribution in [0.3, 0.4) is 0 Å². The van der Waals surface area contributed by atoms with Crippen molar-refractivity contribution in [2.24, 2.45) is 0 Å². The van der Waals surface area contributed by atoms with Gasteiger partial charge >= 0.3 is 0 Å². The highest BCUT2D eigenvalue weighted by molar-refractivity contribution is 4.82. The van der Waals surface area contributed by atoms with Crippen LogP contribution in [0.5, 0.6) is 0 Å². The summed E-state index contributed by atoms with van der Waals surface area (Å²) in [5, 5.41) is 11.5. The van der Waals surface area contributed by atoms with E-state index in [1.807, 2.05) is 0 Å². The predicted octanol–water partition coefficient (Wildman–Crippen LogP) is 4.29. The average Bonchev–Trinajstić information content (AvgIpc) is 2.94. The Morgan fingerprint density at radius 3 is 1.95 bits per heavy atom. The molecule has 0 fully saturated rings. The van der Waals surface area contributed by atoms with Crippen molar-refractivity contribution in [2.45, 2.75) is 84.5 Å². The van der Waals surface area contributed by atoms with E-state index in [0.29, 0.717) is 0 Å². The molecule has 4 heteroatoms. The van der Waals surface area contributed by atoms with E-state index in [2.05, 4.69) is 29.4 Å². The lowest BCUT2D eigenvalue weighted by molar-refractivity contribution is 0.435. The first-order valence-electron chi connectivity index (χ1n) is 8.88. The standard InChI is InChI=1S/C17H33N3O/c1-3-5-6-7-8-9-10-11-12-13-16-19-20-17(21-16)14-15-18-4-2/h18H,3-15H2,1-2H3. The summed E-state index contributed by atoms with van der Waals surface area (Å²) >= 11 is 0. The van der Waals surface area contributed by atoms with Gasteiger partial charge in [0.2, 0.25) is 11.8 Å². The molecular weight excluding hydrogens is 262 g/mol. The third kappa shape index (κ3) is 9.62. The molecule has 0 aliphatic heterocycles. The molecule has 1 aromatic rings. The molecule has 0 bridgehead atoms. The average molecular weight is 295 g/mol. The molecule has 4 nitrogen and oxygen atoms in total. The Hall–Kier alpha value is -0.900. The fourth-order valence-corrected chi connectivity index (χ4v) is 2.45. The molecule has 21 heavy (non-hydrogen) atoms. The molecule has 0 radical (unpaired) electrons. The number of rotatable bonds is 14. The third-order valence-corrected chi connectivity index (χ3v) is 3.77. The predicted molar refractivity (Wildman–Crippen MR) is 87.5 cm³/mol. The van der Waals surface area contributed by atoms with E-state index in [0.717, 1.165) is 37.7 Å². The van der Waals surface area contributed by atoms with Crippen LogP contribution in [0.15, 0.2) is 4.42 Å². The van der Waals surface area contributed by atoms with Crippen LogP contribution in [0, 0.1) is 0 Å². The number of nitrogens with one attached hydrogen (secondary N) is 1. The van der Waals surface area contributed by atoms with Gasteiger partial charge in [-0.3, -0.25) is 0 Å². The lowest BCUT2D eigenvalue weighted by atomic mass is 10.1. The normalized spacial score (nSPS) is 11.1. The molecule has 0 aliphatic carbocycles. The quantitative estimate of drug-likeness (QED) is 0.520. The van der Waals surface area contributed by atoms with Crippen molar-refractivity contribution in [3.05, 3.63) is 11.8 Å². The summed E-state index contributed by atoms with van der Waals surface area (Å²) in [6.45, 7) is 6.27. The molecule has 1 N–H and O–H groups in total. The SMILES string of the molecule is CCCCCCCCCCCc1nnc(CCNCC)o1. The molecule has 1 heterocycles. The summed E-state index contributed by atoms with van der Waals surface area (Å²) in [6, 6.07) is 0. The Bertz CT molecular complexity index is 339. The molecule has 1 rings (SSSR count). The molecule has 122 valence electrons. The van der Waals surface area contributed by atoms with Gasteiger partial charge in [0, 0.05) is 19.4 Å². The third-order valence-electron chi connectivity index (χ3n) is 3.77. The zero-order valence-electron chi connectivity index (χ0n) is 14.0. The first-order valence-corrected chi connectivity index (χ1v) is 8.88. The van der Waals surface area contributed by atoms with E-state index >= 15 is 0 Å². The highest BCUT2D eigenvalue weighted by atomic mass is 16.4. The van der Waals surface area contributed by atoms with E-state index < -0.39 is 0 Å². The Kier molecular flexibility index (Phi) is 11.1. The fourth-order valence-electron chi connectivity index (χ4n) is 2.45. The van der Waals surface area contributed by atoms with Crippen LogP contribution < -0.4 is 5.32 Å². The van der Waals surface area contributed by atoms with Crippen LogP contribution in [0.4, 0.5) is 0 Å². The highest BCUT2D eigenvalue weighted by Crippen LogP contribution is 2.11. The number of unbranched alkanes of at least 4 members (excludes halogenated alkanes) is 8. The van der Waals surface area contributed by atoms with Crippen molar-refractivity contribution in [1.82, 2.24) is 15.5 Å². The monoisotopic (exact) mass is 295 g/mol. The Morgan fingerprint density at radius 2 is 1.33 bits per heavy atom. The molecular formula is C17H33N3O. The molecule has 0 aromatic carbocycles. The fraction of sp³-hybridized carbons (Fsp3) is 0.882. The van der Waals surface area contributed by atoms with Crippen molar-refractivity contribution in [2.75, 3.05) is 13.1 Å². The summed E-state index contributed by atoms with van der Waals surface area (Å²) in [7, 11) is 0. The van der Waals surface area contributed by atoms with Crippen molar-refractivity contribution in [3.8, 4) is 0 Å². The van der Waals surface area contributed by atoms with Crippen molar-refractivity contribution < 1.29 is 4.42 Å². The van der Waals surface area contributed by atoms with E-state index in [9.17, 15) is 0 Å². The van der Waals surface area contributed by atoms with Gasteiger partial charge in [-0.2, -0.15) is 0 Å². The summed E-state index contributed by atoms with van der Waals surface area (Å²) < 4.78 is 5.64. The highest BCUT2D eigenvalue weighted by Gasteiger charge is 2.05. The lowest BCUT2D eigenvalue weighted by Crippen LogP contribution is -2.16. The van der Waals surface area contributed by atoms with Crippen molar-refractivity contribution in [1.29, 1.82) is 0 Å². The molecule has 0 atom stereocenters. The Morgan fingerprint density at radius 1 is 0.762 bits per heavy atom. The zero-order valence-corrected chi connectivity index (χ0v) is 14.0. The van der Waals surface area contributed by atoms with Gasteiger partial charge in [0.05, 0.1) is 0 Å². The summed E-state index contributed by atoms with van der Waals surface area (Å²) in [5.41, 5.74) is 0. The van der Waals surface area contributed by atoms with Crippen LogP contribution in [-0.4, -0.2) is 23.3 Å². The van der Waals surface area contributed by atoms with Gasteiger partial charge in [0.15, 0.2) is 0 Å². The number of hydrogen-bond donors (Lipinski definition) is 1. The smallest absolute Gasteiger partial charge is 0.217 e. The molecule has 0 saturated carbocycles. The van der Waals surface area contributed by atoms with Crippen LogP contribution >= 0.6 is 0 Å². The van der Waals surface area contributed by atoms with E-state index in [4.69, 9.17) is 4.42 Å². The van der Waals surface area contributed by atoms with Crippen LogP contribution in [-0.2, 0) is 12.8 Å². The van der Waals surface area contributed by atoms with Gasteiger partial charge in [0.1, 0.15) is 0 Å². The minimum atomic E-state index is 0.766. The van der Waals surface area contributed by atoms with Crippen molar-refractivity contribution >= 4 is 0 Å². The number of aryl methyl sites for hydroxylation is 1.